The first-order chi connectivity index (χ1) is 8.33. The number of hydrogen-bond acceptors (Lipinski definition) is 4. The summed E-state index contributed by atoms with van der Waals surface area (Å²) in [5.41, 5.74) is 6.96. The normalized spacial score (nSPS) is 25.0. The number of pyridine rings is 1. The first-order valence-corrected chi connectivity index (χ1v) is 6.16. The average molecular weight is 231 g/mol. The second kappa shape index (κ2) is 4.33. The molecule has 0 aromatic carbocycles. The summed E-state index contributed by atoms with van der Waals surface area (Å²) in [5, 5.41) is 7.73. The van der Waals surface area contributed by atoms with Crippen LogP contribution in [0.3, 0.4) is 0 Å². The minimum absolute atomic E-state index is 0.218. The predicted molar refractivity (Wildman–Crippen MR) is 66.8 cm³/mol. The maximum Gasteiger partial charge on any atom is 0.243 e. The zero-order valence-electron chi connectivity index (χ0n) is 9.71. The van der Waals surface area contributed by atoms with E-state index in [0.29, 0.717) is 12.0 Å². The molecule has 2 aromatic heterocycles. The molecule has 1 fully saturated rings. The summed E-state index contributed by atoms with van der Waals surface area (Å²) in [4.78, 5) is 4.43. The van der Waals surface area contributed by atoms with Crippen LogP contribution in [-0.4, -0.2) is 26.7 Å². The fourth-order valence-electron chi connectivity index (χ4n) is 2.40. The van der Waals surface area contributed by atoms with E-state index in [9.17, 15) is 0 Å². The molecule has 0 amide bonds. The van der Waals surface area contributed by atoms with Gasteiger partial charge in [0, 0.05) is 18.3 Å². The van der Waals surface area contributed by atoms with Gasteiger partial charge in [-0.25, -0.2) is 4.52 Å². The Morgan fingerprint density at radius 1 is 1.29 bits per heavy atom. The standard InChI is InChI=1S/C12H17N5/c13-9-5-1-2-6-10(9)14-12-15-11-7-3-4-8-17(11)16-12/h3-4,7-10H,1-2,5-6,13H2,(H,14,16)/t9-,10-/m1/s1. The quantitative estimate of drug-likeness (QED) is 0.820. The summed E-state index contributed by atoms with van der Waals surface area (Å²) < 4.78 is 1.77. The number of nitrogens with one attached hydrogen (secondary N) is 1. The second-order valence-corrected chi connectivity index (χ2v) is 4.64. The van der Waals surface area contributed by atoms with E-state index in [2.05, 4.69) is 15.4 Å². The maximum absolute atomic E-state index is 6.10. The van der Waals surface area contributed by atoms with Crippen molar-refractivity contribution < 1.29 is 0 Å². The molecular weight excluding hydrogens is 214 g/mol. The summed E-state index contributed by atoms with van der Waals surface area (Å²) in [6.45, 7) is 0. The van der Waals surface area contributed by atoms with Crippen LogP contribution in [0.15, 0.2) is 24.4 Å². The Hall–Kier alpha value is -1.62. The first-order valence-electron chi connectivity index (χ1n) is 6.16. The monoisotopic (exact) mass is 231 g/mol. The molecule has 3 rings (SSSR count). The van der Waals surface area contributed by atoms with Crippen LogP contribution in [0.5, 0.6) is 0 Å². The van der Waals surface area contributed by atoms with Crippen LogP contribution in [0.1, 0.15) is 25.7 Å². The molecule has 5 heteroatoms. The molecule has 1 saturated carbocycles. The molecule has 1 aliphatic rings. The van der Waals surface area contributed by atoms with E-state index in [-0.39, 0.29) is 6.04 Å². The molecule has 17 heavy (non-hydrogen) atoms. The van der Waals surface area contributed by atoms with Crippen LogP contribution in [0.4, 0.5) is 5.95 Å². The molecule has 2 heterocycles. The second-order valence-electron chi connectivity index (χ2n) is 4.64. The van der Waals surface area contributed by atoms with Crippen molar-refractivity contribution >= 4 is 11.6 Å². The molecule has 1 aliphatic carbocycles. The van der Waals surface area contributed by atoms with Gasteiger partial charge >= 0.3 is 0 Å². The third-order valence-corrected chi connectivity index (χ3v) is 3.38. The largest absolute Gasteiger partial charge is 0.349 e. The SMILES string of the molecule is N[C@@H]1CCCC[C@H]1Nc1nc2ccccn2n1. The van der Waals surface area contributed by atoms with E-state index in [1.54, 1.807) is 4.52 Å². The molecule has 0 aliphatic heterocycles. The van der Waals surface area contributed by atoms with E-state index in [4.69, 9.17) is 5.73 Å². The third-order valence-electron chi connectivity index (χ3n) is 3.38. The number of rotatable bonds is 2. The Kier molecular flexibility index (Phi) is 2.68. The molecule has 0 spiro atoms. The molecule has 2 atom stereocenters. The molecule has 5 nitrogen and oxygen atoms in total. The Balaban J connectivity index is 1.79. The van der Waals surface area contributed by atoms with Crippen LogP contribution >= 0.6 is 0 Å². The number of aromatic nitrogens is 3. The van der Waals surface area contributed by atoms with Crippen LogP contribution in [-0.2, 0) is 0 Å². The van der Waals surface area contributed by atoms with Gasteiger partial charge in [0.05, 0.1) is 0 Å². The third kappa shape index (κ3) is 2.10. The van der Waals surface area contributed by atoms with Crippen molar-refractivity contribution in [1.82, 2.24) is 14.6 Å². The Morgan fingerprint density at radius 3 is 3.00 bits per heavy atom. The molecular formula is C12H17N5. The van der Waals surface area contributed by atoms with Crippen LogP contribution in [0.2, 0.25) is 0 Å². The Bertz CT molecular complexity index is 473. The lowest BCUT2D eigenvalue weighted by molar-refractivity contribution is 0.402. The lowest BCUT2D eigenvalue weighted by atomic mass is 9.91. The van der Waals surface area contributed by atoms with Crippen LogP contribution < -0.4 is 11.1 Å². The average Bonchev–Trinajstić information content (AvgIpc) is 2.74. The van der Waals surface area contributed by atoms with Crippen molar-refractivity contribution in [3.05, 3.63) is 24.4 Å². The fourth-order valence-corrected chi connectivity index (χ4v) is 2.40. The number of nitrogens with two attached hydrogens (primary N) is 1. The number of hydrogen-bond donors (Lipinski definition) is 2. The van der Waals surface area contributed by atoms with Gasteiger partial charge in [-0.3, -0.25) is 0 Å². The highest BCUT2D eigenvalue weighted by Gasteiger charge is 2.22. The van der Waals surface area contributed by atoms with Gasteiger partial charge in [0.25, 0.3) is 0 Å². The number of nitrogens with zero attached hydrogens (tertiary/aromatic N) is 3. The van der Waals surface area contributed by atoms with Gasteiger partial charge < -0.3 is 11.1 Å². The number of fused-ring (bicyclic) bond motifs is 1. The lowest BCUT2D eigenvalue weighted by Gasteiger charge is -2.28. The Morgan fingerprint density at radius 2 is 2.18 bits per heavy atom. The summed E-state index contributed by atoms with van der Waals surface area (Å²) in [7, 11) is 0. The van der Waals surface area contributed by atoms with Gasteiger partial charge in [-0.2, -0.15) is 4.98 Å². The lowest BCUT2D eigenvalue weighted by Crippen LogP contribution is -2.42. The van der Waals surface area contributed by atoms with Gasteiger partial charge in [-0.05, 0) is 25.0 Å². The zero-order valence-corrected chi connectivity index (χ0v) is 9.71. The molecule has 0 saturated heterocycles. The van der Waals surface area contributed by atoms with Gasteiger partial charge in [-0.1, -0.05) is 18.9 Å². The smallest absolute Gasteiger partial charge is 0.243 e. The first kappa shape index (κ1) is 10.5. The summed E-state index contributed by atoms with van der Waals surface area (Å²) in [6, 6.07) is 6.37. The molecule has 2 aromatic rings. The van der Waals surface area contributed by atoms with Crippen molar-refractivity contribution in [2.45, 2.75) is 37.8 Å². The van der Waals surface area contributed by atoms with Crippen molar-refractivity contribution in [3.63, 3.8) is 0 Å². The highest BCUT2D eigenvalue weighted by atomic mass is 15.3. The fraction of sp³-hybridized carbons (Fsp3) is 0.500. The van der Waals surface area contributed by atoms with E-state index >= 15 is 0 Å². The van der Waals surface area contributed by atoms with Gasteiger partial charge in [0.1, 0.15) is 0 Å². The van der Waals surface area contributed by atoms with Gasteiger partial charge in [0.15, 0.2) is 5.65 Å². The van der Waals surface area contributed by atoms with Crippen LogP contribution in [0, 0.1) is 0 Å². The highest BCUT2D eigenvalue weighted by Crippen LogP contribution is 2.19. The van der Waals surface area contributed by atoms with Crippen molar-refractivity contribution in [2.24, 2.45) is 5.73 Å². The minimum Gasteiger partial charge on any atom is -0.349 e. The predicted octanol–water partition coefficient (Wildman–Crippen LogP) is 1.41. The van der Waals surface area contributed by atoms with E-state index in [1.165, 1.54) is 12.8 Å². The van der Waals surface area contributed by atoms with E-state index in [0.717, 1.165) is 18.5 Å². The van der Waals surface area contributed by atoms with E-state index in [1.807, 2.05) is 24.4 Å². The molecule has 90 valence electrons. The molecule has 0 bridgehead atoms. The summed E-state index contributed by atoms with van der Waals surface area (Å²) in [6.07, 6.45) is 6.56. The summed E-state index contributed by atoms with van der Waals surface area (Å²) >= 11 is 0. The summed E-state index contributed by atoms with van der Waals surface area (Å²) in [5.74, 6) is 0.679. The van der Waals surface area contributed by atoms with E-state index < -0.39 is 0 Å². The Labute approximate surface area is 100 Å². The van der Waals surface area contributed by atoms with Gasteiger partial charge in [0.2, 0.25) is 5.95 Å². The van der Waals surface area contributed by atoms with Crippen molar-refractivity contribution in [3.8, 4) is 0 Å². The number of anilines is 1. The van der Waals surface area contributed by atoms with Crippen molar-refractivity contribution in [1.29, 1.82) is 0 Å². The van der Waals surface area contributed by atoms with Crippen molar-refractivity contribution in [2.75, 3.05) is 5.32 Å². The maximum atomic E-state index is 6.10. The molecule has 0 unspecified atom stereocenters. The zero-order chi connectivity index (χ0) is 11.7. The molecule has 0 radical (unpaired) electrons. The van der Waals surface area contributed by atoms with Crippen LogP contribution in [0.25, 0.3) is 5.65 Å². The van der Waals surface area contributed by atoms with Gasteiger partial charge in [-0.15, -0.1) is 5.10 Å². The highest BCUT2D eigenvalue weighted by molar-refractivity contribution is 5.43. The minimum atomic E-state index is 0.218. The molecule has 3 N–H and O–H groups in total. The topological polar surface area (TPSA) is 68.2 Å².